The highest BCUT2D eigenvalue weighted by atomic mass is 16.5. The second-order valence-corrected chi connectivity index (χ2v) is 6.67. The van der Waals surface area contributed by atoms with E-state index in [1.54, 1.807) is 12.4 Å². The second-order valence-electron chi connectivity index (χ2n) is 6.67. The van der Waals surface area contributed by atoms with Crippen molar-refractivity contribution >= 4 is 0 Å². The summed E-state index contributed by atoms with van der Waals surface area (Å²) in [5, 5.41) is 6.92. The van der Waals surface area contributed by atoms with Crippen molar-refractivity contribution in [3.63, 3.8) is 0 Å². The average Bonchev–Trinajstić information content (AvgIpc) is 3.32. The fourth-order valence-electron chi connectivity index (χ4n) is 3.46. The van der Waals surface area contributed by atoms with Crippen LogP contribution in [-0.2, 0) is 30.9 Å². The van der Waals surface area contributed by atoms with Crippen LogP contribution in [0, 0.1) is 0 Å². The second kappa shape index (κ2) is 7.80. The van der Waals surface area contributed by atoms with Crippen LogP contribution in [0.5, 0.6) is 0 Å². The minimum Gasteiger partial charge on any atom is -0.376 e. The van der Waals surface area contributed by atoms with Gasteiger partial charge in [-0.2, -0.15) is 5.10 Å². The van der Waals surface area contributed by atoms with Gasteiger partial charge in [0.15, 0.2) is 0 Å². The third-order valence-electron chi connectivity index (χ3n) is 4.96. The molecule has 0 bridgehead atoms. The van der Waals surface area contributed by atoms with Gasteiger partial charge in [-0.05, 0) is 24.6 Å². The van der Waals surface area contributed by atoms with Crippen molar-refractivity contribution in [2.45, 2.75) is 39.1 Å². The van der Waals surface area contributed by atoms with Crippen molar-refractivity contribution in [3.05, 3.63) is 65.8 Å². The van der Waals surface area contributed by atoms with Crippen LogP contribution in [0.2, 0.25) is 0 Å². The molecule has 3 aromatic rings. The molecular weight excluding hydrogens is 328 g/mol. The molecule has 1 N–H and O–H groups in total. The van der Waals surface area contributed by atoms with Crippen molar-refractivity contribution in [3.8, 4) is 0 Å². The molecule has 1 aliphatic rings. The largest absolute Gasteiger partial charge is 0.376 e. The first-order valence-corrected chi connectivity index (χ1v) is 9.04. The van der Waals surface area contributed by atoms with Crippen LogP contribution in [0.15, 0.2) is 43.1 Å². The van der Waals surface area contributed by atoms with E-state index in [0.29, 0.717) is 19.3 Å². The van der Waals surface area contributed by atoms with Crippen LogP contribution in [0.4, 0.5) is 0 Å². The zero-order valence-electron chi connectivity index (χ0n) is 15.0. The molecule has 7 heteroatoms. The van der Waals surface area contributed by atoms with E-state index in [2.05, 4.69) is 36.6 Å². The smallest absolute Gasteiger partial charge is 0.126 e. The number of imidazole rings is 1. The zero-order chi connectivity index (χ0) is 17.8. The number of hydrogen-bond acceptors (Lipinski definition) is 5. The van der Waals surface area contributed by atoms with E-state index >= 15 is 0 Å². The average molecular weight is 352 g/mol. The minimum absolute atomic E-state index is 0.296. The molecule has 0 saturated heterocycles. The predicted octanol–water partition coefficient (Wildman–Crippen LogP) is 2.34. The lowest BCUT2D eigenvalue weighted by molar-refractivity contribution is 0.120. The van der Waals surface area contributed by atoms with Crippen LogP contribution in [0.25, 0.3) is 0 Å². The number of H-pyrrole nitrogens is 1. The van der Waals surface area contributed by atoms with Crippen molar-refractivity contribution in [2.24, 2.45) is 0 Å². The number of hydrogen-bond donors (Lipinski definition) is 1. The highest BCUT2D eigenvalue weighted by Gasteiger charge is 2.26. The topological polar surface area (TPSA) is 71.9 Å². The van der Waals surface area contributed by atoms with Gasteiger partial charge in [0.1, 0.15) is 5.82 Å². The summed E-state index contributed by atoms with van der Waals surface area (Å²) in [5.41, 5.74) is 3.62. The molecule has 0 saturated carbocycles. The molecule has 4 rings (SSSR count). The summed E-state index contributed by atoms with van der Waals surface area (Å²) in [6, 6.07) is 4.26. The van der Waals surface area contributed by atoms with Crippen molar-refractivity contribution in [1.82, 2.24) is 29.6 Å². The van der Waals surface area contributed by atoms with Crippen LogP contribution in [0.3, 0.4) is 0 Å². The van der Waals surface area contributed by atoms with Crippen LogP contribution >= 0.6 is 0 Å². The number of aromatic nitrogens is 5. The molecule has 1 aliphatic heterocycles. The van der Waals surface area contributed by atoms with Crippen molar-refractivity contribution < 1.29 is 4.74 Å². The van der Waals surface area contributed by atoms with Crippen LogP contribution in [-0.4, -0.2) is 42.8 Å². The molecule has 7 nitrogen and oxygen atoms in total. The van der Waals surface area contributed by atoms with Gasteiger partial charge >= 0.3 is 0 Å². The Morgan fingerprint density at radius 2 is 2.08 bits per heavy atom. The quantitative estimate of drug-likeness (QED) is 0.661. The molecule has 3 aromatic heterocycles. The first-order chi connectivity index (χ1) is 12.8. The summed E-state index contributed by atoms with van der Waals surface area (Å²) < 4.78 is 8.17. The molecule has 0 aliphatic carbocycles. The molecule has 0 amide bonds. The molecule has 1 unspecified atom stereocenters. The first-order valence-electron chi connectivity index (χ1n) is 9.04. The fraction of sp³-hybridized carbons (Fsp3) is 0.421. The van der Waals surface area contributed by atoms with Gasteiger partial charge in [0, 0.05) is 62.1 Å². The first kappa shape index (κ1) is 16.9. The van der Waals surface area contributed by atoms with Gasteiger partial charge in [-0.25, -0.2) is 4.98 Å². The fourth-order valence-corrected chi connectivity index (χ4v) is 3.46. The molecule has 4 heterocycles. The van der Waals surface area contributed by atoms with Gasteiger partial charge in [-0.1, -0.05) is 0 Å². The Morgan fingerprint density at radius 1 is 1.19 bits per heavy atom. The molecular formula is C19H24N6O. The van der Waals surface area contributed by atoms with Gasteiger partial charge in [-0.15, -0.1) is 0 Å². The van der Waals surface area contributed by atoms with E-state index in [0.717, 1.165) is 37.4 Å². The maximum absolute atomic E-state index is 5.81. The molecule has 0 fully saturated rings. The van der Waals surface area contributed by atoms with Gasteiger partial charge in [0.2, 0.25) is 0 Å². The Balaban J connectivity index is 1.33. The van der Waals surface area contributed by atoms with Gasteiger partial charge in [-0.3, -0.25) is 15.0 Å². The zero-order valence-corrected chi connectivity index (χ0v) is 15.0. The van der Waals surface area contributed by atoms with Crippen molar-refractivity contribution in [2.75, 3.05) is 13.2 Å². The SMILES string of the molecule is CC1c2ncc(CCOCc3ccncc3)n2CCN1Cc1cn[nH]c1. The third-order valence-corrected chi connectivity index (χ3v) is 4.96. The highest BCUT2D eigenvalue weighted by molar-refractivity contribution is 5.13. The van der Waals surface area contributed by atoms with E-state index in [-0.39, 0.29) is 0 Å². The molecule has 0 radical (unpaired) electrons. The molecule has 26 heavy (non-hydrogen) atoms. The summed E-state index contributed by atoms with van der Waals surface area (Å²) in [4.78, 5) is 11.2. The maximum Gasteiger partial charge on any atom is 0.126 e. The number of fused-ring (bicyclic) bond motifs is 1. The minimum atomic E-state index is 0.296. The lowest BCUT2D eigenvalue weighted by Crippen LogP contribution is -2.37. The Bertz CT molecular complexity index is 814. The molecule has 1 atom stereocenters. The van der Waals surface area contributed by atoms with Gasteiger partial charge in [0.25, 0.3) is 0 Å². The number of pyridine rings is 1. The standard InChI is InChI=1S/C19H24N6O/c1-15-19-21-12-18(4-9-26-14-16-2-5-20-6-3-16)25(19)8-7-24(15)13-17-10-22-23-11-17/h2-3,5-6,10-12,15H,4,7-9,13-14H2,1H3,(H,22,23). The number of ether oxygens (including phenoxy) is 1. The number of aromatic amines is 1. The summed E-state index contributed by atoms with van der Waals surface area (Å²) in [7, 11) is 0. The summed E-state index contributed by atoms with van der Waals surface area (Å²) in [6.45, 7) is 6.42. The third kappa shape index (κ3) is 3.68. The Labute approximate surface area is 153 Å². The predicted molar refractivity (Wildman–Crippen MR) is 97.2 cm³/mol. The monoisotopic (exact) mass is 352 g/mol. The number of nitrogens with one attached hydrogen (secondary N) is 1. The highest BCUT2D eigenvalue weighted by Crippen LogP contribution is 2.26. The van der Waals surface area contributed by atoms with Crippen LogP contribution in [0.1, 0.15) is 35.6 Å². The summed E-state index contributed by atoms with van der Waals surface area (Å²) in [5.74, 6) is 1.14. The molecule has 0 aromatic carbocycles. The Hall–Kier alpha value is -2.51. The normalized spacial score (nSPS) is 17.3. The molecule has 136 valence electrons. The Kier molecular flexibility index (Phi) is 5.08. The summed E-state index contributed by atoms with van der Waals surface area (Å²) >= 11 is 0. The summed E-state index contributed by atoms with van der Waals surface area (Å²) in [6.07, 6.45) is 10.3. The van der Waals surface area contributed by atoms with E-state index in [9.17, 15) is 0 Å². The van der Waals surface area contributed by atoms with E-state index in [4.69, 9.17) is 4.74 Å². The van der Waals surface area contributed by atoms with Gasteiger partial charge < -0.3 is 9.30 Å². The van der Waals surface area contributed by atoms with E-state index in [1.807, 2.05) is 30.7 Å². The number of nitrogens with zero attached hydrogens (tertiary/aromatic N) is 5. The van der Waals surface area contributed by atoms with Crippen molar-refractivity contribution in [1.29, 1.82) is 0 Å². The van der Waals surface area contributed by atoms with Crippen LogP contribution < -0.4 is 0 Å². The van der Waals surface area contributed by atoms with E-state index in [1.165, 1.54) is 11.3 Å². The van der Waals surface area contributed by atoms with E-state index < -0.39 is 0 Å². The lowest BCUT2D eigenvalue weighted by atomic mass is 10.2. The lowest BCUT2D eigenvalue weighted by Gasteiger charge is -2.34. The molecule has 0 spiro atoms. The maximum atomic E-state index is 5.81. The van der Waals surface area contributed by atoms with Gasteiger partial charge in [0.05, 0.1) is 25.5 Å². The Morgan fingerprint density at radius 3 is 2.88 bits per heavy atom. The number of rotatable bonds is 7.